The number of hydrogen-bond acceptors (Lipinski definition) is 6. The summed E-state index contributed by atoms with van der Waals surface area (Å²) in [6.45, 7) is 7.01. The van der Waals surface area contributed by atoms with Crippen LogP contribution in [0.4, 0.5) is 0 Å². The second-order valence-electron chi connectivity index (χ2n) is 8.18. The van der Waals surface area contributed by atoms with E-state index in [9.17, 15) is 18.0 Å². The summed E-state index contributed by atoms with van der Waals surface area (Å²) in [5.41, 5.74) is 0.790. The van der Waals surface area contributed by atoms with Crippen molar-refractivity contribution in [2.75, 3.05) is 7.11 Å². The summed E-state index contributed by atoms with van der Waals surface area (Å²) in [5, 5.41) is 0. The molecule has 2 aromatic carbocycles. The van der Waals surface area contributed by atoms with Crippen LogP contribution in [-0.4, -0.2) is 37.3 Å². The van der Waals surface area contributed by atoms with E-state index in [0.717, 1.165) is 9.87 Å². The van der Waals surface area contributed by atoms with Gasteiger partial charge in [0.05, 0.1) is 24.5 Å². The predicted molar refractivity (Wildman–Crippen MR) is 111 cm³/mol. The maximum atomic E-state index is 13.4. The summed E-state index contributed by atoms with van der Waals surface area (Å²) in [5.74, 6) is -0.813. The highest BCUT2D eigenvalue weighted by atomic mass is 32.2. The van der Waals surface area contributed by atoms with Crippen molar-refractivity contribution in [3.05, 3.63) is 59.2 Å². The number of ether oxygens (including phenoxy) is 2. The number of methoxy groups -OCH3 is 1. The number of carbonyl (C=O) groups is 2. The summed E-state index contributed by atoms with van der Waals surface area (Å²) in [4.78, 5) is 25.6. The lowest BCUT2D eigenvalue weighted by molar-refractivity contribution is -0.155. The first-order chi connectivity index (χ1) is 13.9. The molecule has 0 saturated carbocycles. The van der Waals surface area contributed by atoms with E-state index in [1.54, 1.807) is 45.0 Å². The zero-order valence-electron chi connectivity index (χ0n) is 17.6. The van der Waals surface area contributed by atoms with Gasteiger partial charge in [-0.2, -0.15) is 0 Å². The van der Waals surface area contributed by atoms with Crippen molar-refractivity contribution in [2.45, 2.75) is 50.7 Å². The Morgan fingerprint density at radius 3 is 2.30 bits per heavy atom. The van der Waals surface area contributed by atoms with E-state index in [0.29, 0.717) is 11.3 Å². The molecule has 1 heterocycles. The molecule has 0 bridgehead atoms. The van der Waals surface area contributed by atoms with Gasteiger partial charge in [-0.05, 0) is 63.6 Å². The summed E-state index contributed by atoms with van der Waals surface area (Å²) in [6, 6.07) is 9.89. The fourth-order valence-electron chi connectivity index (χ4n) is 3.36. The second kappa shape index (κ2) is 7.75. The van der Waals surface area contributed by atoms with Gasteiger partial charge in [-0.1, -0.05) is 17.7 Å². The van der Waals surface area contributed by atoms with Crippen LogP contribution in [0, 0.1) is 6.92 Å². The van der Waals surface area contributed by atoms with Crippen LogP contribution in [0.25, 0.3) is 0 Å². The van der Waals surface area contributed by atoms with Gasteiger partial charge in [0.2, 0.25) is 0 Å². The Hall–Kier alpha value is -2.87. The van der Waals surface area contributed by atoms with Crippen molar-refractivity contribution in [3.63, 3.8) is 0 Å². The molecule has 0 aromatic heterocycles. The number of rotatable bonds is 5. The molecule has 3 rings (SSSR count). The van der Waals surface area contributed by atoms with Gasteiger partial charge in [0.25, 0.3) is 15.9 Å². The third kappa shape index (κ3) is 4.18. The monoisotopic (exact) mass is 431 g/mol. The molecule has 1 amide bonds. The molecule has 1 aliphatic heterocycles. The van der Waals surface area contributed by atoms with Crippen molar-refractivity contribution < 1.29 is 27.5 Å². The van der Waals surface area contributed by atoms with Crippen molar-refractivity contribution in [1.82, 2.24) is 4.31 Å². The number of aryl methyl sites for hydroxylation is 1. The van der Waals surface area contributed by atoms with Gasteiger partial charge in [-0.3, -0.25) is 9.59 Å². The molecule has 7 nitrogen and oxygen atoms in total. The number of fused-ring (bicyclic) bond motifs is 1. The molecule has 0 fully saturated rings. The first-order valence-corrected chi connectivity index (χ1v) is 10.9. The largest absolute Gasteiger partial charge is 0.497 e. The normalized spacial score (nSPS) is 16.4. The highest BCUT2D eigenvalue weighted by molar-refractivity contribution is 7.89. The van der Waals surface area contributed by atoms with Gasteiger partial charge in [0.15, 0.2) is 0 Å². The highest BCUT2D eigenvalue weighted by Crippen LogP contribution is 2.41. The van der Waals surface area contributed by atoms with Crippen molar-refractivity contribution in [2.24, 2.45) is 0 Å². The first-order valence-electron chi connectivity index (χ1n) is 9.49. The molecule has 1 unspecified atom stereocenters. The molecule has 30 heavy (non-hydrogen) atoms. The molecule has 1 atom stereocenters. The number of benzene rings is 2. The smallest absolute Gasteiger partial charge is 0.308 e. The summed E-state index contributed by atoms with van der Waals surface area (Å²) >= 11 is 0. The molecule has 0 radical (unpaired) electrons. The van der Waals surface area contributed by atoms with Crippen molar-refractivity contribution in [1.29, 1.82) is 0 Å². The quantitative estimate of drug-likeness (QED) is 0.672. The molecule has 0 N–H and O–H groups in total. The summed E-state index contributed by atoms with van der Waals surface area (Å²) in [7, 11) is -2.72. The Kier molecular flexibility index (Phi) is 5.64. The van der Waals surface area contributed by atoms with E-state index in [2.05, 4.69) is 0 Å². The van der Waals surface area contributed by atoms with Gasteiger partial charge in [-0.25, -0.2) is 12.7 Å². The van der Waals surface area contributed by atoms with E-state index >= 15 is 0 Å². The number of nitrogens with zero attached hydrogens (tertiary/aromatic N) is 1. The zero-order valence-corrected chi connectivity index (χ0v) is 18.4. The summed E-state index contributed by atoms with van der Waals surface area (Å²) in [6.07, 6.45) is -0.297. The minimum Gasteiger partial charge on any atom is -0.497 e. The van der Waals surface area contributed by atoms with E-state index in [1.165, 1.54) is 25.3 Å². The van der Waals surface area contributed by atoms with Crippen LogP contribution >= 0.6 is 0 Å². The van der Waals surface area contributed by atoms with Crippen LogP contribution < -0.4 is 4.74 Å². The standard InChI is InChI=1S/C22H25NO6S/c1-14-6-9-16(10-7-14)30(26,27)23-19(13-20(24)29-22(2,3)4)18-12-15(28-5)8-11-17(18)21(23)25/h6-12,19H,13H2,1-5H3. The Morgan fingerprint density at radius 1 is 1.10 bits per heavy atom. The van der Waals surface area contributed by atoms with Gasteiger partial charge in [0.1, 0.15) is 11.4 Å². The topological polar surface area (TPSA) is 90.0 Å². The van der Waals surface area contributed by atoms with Crippen LogP contribution in [0.1, 0.15) is 54.7 Å². The van der Waals surface area contributed by atoms with Crippen LogP contribution in [0.2, 0.25) is 0 Å². The molecule has 0 saturated heterocycles. The minimum atomic E-state index is -4.20. The molecular formula is C22H25NO6S. The molecule has 0 spiro atoms. The van der Waals surface area contributed by atoms with Crippen LogP contribution in [0.3, 0.4) is 0 Å². The van der Waals surface area contributed by atoms with Crippen LogP contribution in [0.5, 0.6) is 5.75 Å². The Labute approximate surface area is 176 Å². The minimum absolute atomic E-state index is 0.0181. The van der Waals surface area contributed by atoms with Crippen LogP contribution in [0.15, 0.2) is 47.4 Å². The summed E-state index contributed by atoms with van der Waals surface area (Å²) < 4.78 is 38.2. The molecule has 160 valence electrons. The lowest BCUT2D eigenvalue weighted by atomic mass is 10.0. The number of carbonyl (C=O) groups excluding carboxylic acids is 2. The lowest BCUT2D eigenvalue weighted by Gasteiger charge is -2.26. The van der Waals surface area contributed by atoms with E-state index in [4.69, 9.17) is 9.47 Å². The fraction of sp³-hybridized carbons (Fsp3) is 0.364. The second-order valence-corrected chi connectivity index (χ2v) is 9.99. The Balaban J connectivity index is 2.08. The molecule has 1 aliphatic rings. The molecule has 8 heteroatoms. The zero-order chi connectivity index (χ0) is 22.3. The third-order valence-electron chi connectivity index (χ3n) is 4.69. The maximum absolute atomic E-state index is 13.4. The van der Waals surface area contributed by atoms with Gasteiger partial charge in [-0.15, -0.1) is 0 Å². The molecule has 2 aromatic rings. The highest BCUT2D eigenvalue weighted by Gasteiger charge is 2.46. The number of sulfonamides is 1. The van der Waals surface area contributed by atoms with Crippen LogP contribution in [-0.2, 0) is 19.6 Å². The Morgan fingerprint density at radius 2 is 1.73 bits per heavy atom. The third-order valence-corrected chi connectivity index (χ3v) is 6.50. The van der Waals surface area contributed by atoms with Gasteiger partial charge < -0.3 is 9.47 Å². The maximum Gasteiger partial charge on any atom is 0.308 e. The van der Waals surface area contributed by atoms with Gasteiger partial charge >= 0.3 is 5.97 Å². The van der Waals surface area contributed by atoms with E-state index < -0.39 is 33.5 Å². The predicted octanol–water partition coefficient (Wildman–Crippen LogP) is 3.62. The Bertz CT molecular complexity index is 1080. The van der Waals surface area contributed by atoms with Crippen molar-refractivity contribution in [3.8, 4) is 5.75 Å². The SMILES string of the molecule is COc1ccc2c(c1)C(CC(=O)OC(C)(C)C)N(S(=O)(=O)c1ccc(C)cc1)C2=O. The van der Waals surface area contributed by atoms with Gasteiger partial charge in [0, 0.05) is 5.56 Å². The lowest BCUT2D eigenvalue weighted by Crippen LogP contribution is -2.36. The van der Waals surface area contributed by atoms with Crippen molar-refractivity contribution >= 4 is 21.9 Å². The van der Waals surface area contributed by atoms with E-state index in [1.807, 2.05) is 6.92 Å². The average molecular weight is 432 g/mol. The number of hydrogen-bond donors (Lipinski definition) is 0. The number of amides is 1. The van der Waals surface area contributed by atoms with E-state index in [-0.39, 0.29) is 16.9 Å². The number of esters is 1. The fourth-order valence-corrected chi connectivity index (χ4v) is 4.91. The molecule has 0 aliphatic carbocycles. The first kappa shape index (κ1) is 21.8. The average Bonchev–Trinajstić information content (AvgIpc) is 2.92. The molecular weight excluding hydrogens is 406 g/mol.